The highest BCUT2D eigenvalue weighted by molar-refractivity contribution is 5.96. The van der Waals surface area contributed by atoms with Crippen molar-refractivity contribution in [1.29, 1.82) is 0 Å². The van der Waals surface area contributed by atoms with Gasteiger partial charge < -0.3 is 24.1 Å². The van der Waals surface area contributed by atoms with Gasteiger partial charge in [-0.25, -0.2) is 9.78 Å². The lowest BCUT2D eigenvalue weighted by Crippen LogP contribution is -2.21. The van der Waals surface area contributed by atoms with Crippen LogP contribution in [-0.4, -0.2) is 35.2 Å². The van der Waals surface area contributed by atoms with Crippen molar-refractivity contribution in [2.75, 3.05) is 19.0 Å². The molecule has 2 aromatic heterocycles. The fraction of sp³-hybridized carbons (Fsp3) is 0.231. The molecule has 0 fully saturated rings. The summed E-state index contributed by atoms with van der Waals surface area (Å²) in [6.07, 6.45) is 0. The number of nitrogens with one attached hydrogen (secondary N) is 1. The van der Waals surface area contributed by atoms with Crippen molar-refractivity contribution in [3.8, 4) is 11.5 Å². The fourth-order valence-corrected chi connectivity index (χ4v) is 3.44. The summed E-state index contributed by atoms with van der Waals surface area (Å²) in [4.78, 5) is 41.5. The second kappa shape index (κ2) is 10.3. The molecular weight excluding hydrogens is 466 g/mol. The van der Waals surface area contributed by atoms with Gasteiger partial charge in [-0.3, -0.25) is 9.59 Å². The van der Waals surface area contributed by atoms with Gasteiger partial charge >= 0.3 is 5.97 Å². The molecule has 186 valence electrons. The molecule has 0 bridgehead atoms. The Bertz CT molecular complexity index is 1500. The van der Waals surface area contributed by atoms with Gasteiger partial charge in [-0.2, -0.15) is 0 Å². The van der Waals surface area contributed by atoms with Gasteiger partial charge in [-0.05, 0) is 62.2 Å². The van der Waals surface area contributed by atoms with Gasteiger partial charge in [0, 0.05) is 12.1 Å². The molecule has 0 saturated heterocycles. The summed E-state index contributed by atoms with van der Waals surface area (Å²) < 4.78 is 22.5. The molecule has 2 heterocycles. The number of aromatic nitrogens is 2. The Labute approximate surface area is 206 Å². The first-order valence-electron chi connectivity index (χ1n) is 11.1. The van der Waals surface area contributed by atoms with Crippen LogP contribution in [0, 0.1) is 20.8 Å². The zero-order valence-electron chi connectivity index (χ0n) is 20.3. The molecule has 0 saturated carbocycles. The number of rotatable bonds is 8. The largest absolute Gasteiger partial charge is 0.495 e. The molecule has 10 nitrogen and oxygen atoms in total. The smallest absolute Gasteiger partial charge is 0.338 e. The number of amides is 1. The molecule has 1 N–H and O–H groups in total. The molecule has 0 aliphatic rings. The van der Waals surface area contributed by atoms with Gasteiger partial charge in [-0.15, -0.1) is 4.57 Å². The summed E-state index contributed by atoms with van der Waals surface area (Å²) in [6, 6.07) is 12.9. The van der Waals surface area contributed by atoms with E-state index in [1.165, 1.54) is 25.3 Å². The number of esters is 1. The highest BCUT2D eigenvalue weighted by Gasteiger charge is 2.15. The SMILES string of the molecule is COc1ccc(C(=O)OCc2cc(=O)n3oc(C)cc3n2)cc1NC(=O)COc1ccc(C)c(C)c1. The number of benzene rings is 2. The average molecular weight is 492 g/mol. The third kappa shape index (κ3) is 5.54. The Morgan fingerprint density at radius 1 is 1.03 bits per heavy atom. The van der Waals surface area contributed by atoms with Gasteiger partial charge in [-0.1, -0.05) is 6.07 Å². The van der Waals surface area contributed by atoms with Crippen molar-refractivity contribution in [2.45, 2.75) is 27.4 Å². The standard InChI is InChI=1S/C26H25N3O7/c1-15-5-7-20(9-16(15)2)34-14-24(30)28-21-11-18(6-8-22(21)33-4)26(32)35-13-19-12-25(31)29-23(27-19)10-17(3)36-29/h5-12H,13-14H2,1-4H3,(H,28,30). The lowest BCUT2D eigenvalue weighted by Gasteiger charge is -2.13. The highest BCUT2D eigenvalue weighted by atomic mass is 16.5. The molecule has 0 atom stereocenters. The maximum atomic E-state index is 12.6. The summed E-state index contributed by atoms with van der Waals surface area (Å²) >= 11 is 0. The number of aryl methyl sites for hydroxylation is 3. The van der Waals surface area contributed by atoms with Crippen LogP contribution >= 0.6 is 0 Å². The first-order chi connectivity index (χ1) is 17.2. The fourth-order valence-electron chi connectivity index (χ4n) is 3.44. The Morgan fingerprint density at radius 2 is 1.83 bits per heavy atom. The molecule has 0 aliphatic carbocycles. The van der Waals surface area contributed by atoms with Crippen LogP contribution in [-0.2, 0) is 16.1 Å². The first kappa shape index (κ1) is 24.5. The minimum Gasteiger partial charge on any atom is -0.495 e. The molecular formula is C26H25N3O7. The molecule has 4 rings (SSSR count). The summed E-state index contributed by atoms with van der Waals surface area (Å²) in [6.45, 7) is 5.21. The van der Waals surface area contributed by atoms with E-state index in [2.05, 4.69) is 10.3 Å². The van der Waals surface area contributed by atoms with Crippen molar-refractivity contribution in [3.63, 3.8) is 0 Å². The van der Waals surface area contributed by atoms with Crippen molar-refractivity contribution < 1.29 is 28.3 Å². The Hall–Kier alpha value is -4.60. The summed E-state index contributed by atoms with van der Waals surface area (Å²) in [5, 5.41) is 2.69. The van der Waals surface area contributed by atoms with Crippen LogP contribution in [0.2, 0.25) is 0 Å². The van der Waals surface area contributed by atoms with E-state index in [0.717, 1.165) is 15.7 Å². The number of ether oxygens (including phenoxy) is 3. The van der Waals surface area contributed by atoms with Gasteiger partial charge in [0.05, 0.1) is 24.1 Å². The number of carbonyl (C=O) groups excluding carboxylic acids is 2. The summed E-state index contributed by atoms with van der Waals surface area (Å²) in [5.74, 6) is 0.382. The van der Waals surface area contributed by atoms with E-state index in [4.69, 9.17) is 18.7 Å². The molecule has 0 unspecified atom stereocenters. The van der Waals surface area contributed by atoms with Gasteiger partial charge in [0.25, 0.3) is 11.5 Å². The number of methoxy groups -OCH3 is 1. The van der Waals surface area contributed by atoms with Crippen LogP contribution in [0.25, 0.3) is 5.65 Å². The topological polar surface area (TPSA) is 121 Å². The number of anilines is 1. The van der Waals surface area contributed by atoms with Crippen LogP contribution in [0.5, 0.6) is 11.5 Å². The lowest BCUT2D eigenvalue weighted by molar-refractivity contribution is -0.118. The van der Waals surface area contributed by atoms with Gasteiger partial charge in [0.15, 0.2) is 12.3 Å². The second-order valence-electron chi connectivity index (χ2n) is 8.16. The van der Waals surface area contributed by atoms with Gasteiger partial charge in [0.1, 0.15) is 23.9 Å². The summed E-state index contributed by atoms with van der Waals surface area (Å²) in [7, 11) is 1.45. The number of hydrogen-bond acceptors (Lipinski definition) is 8. The van der Waals surface area contributed by atoms with Crippen molar-refractivity contribution in [2.24, 2.45) is 0 Å². The molecule has 0 radical (unpaired) electrons. The van der Waals surface area contributed by atoms with E-state index < -0.39 is 17.4 Å². The van der Waals surface area contributed by atoms with Crippen molar-refractivity contribution in [1.82, 2.24) is 9.56 Å². The maximum Gasteiger partial charge on any atom is 0.338 e. The Morgan fingerprint density at radius 3 is 2.58 bits per heavy atom. The molecule has 1 amide bonds. The van der Waals surface area contributed by atoms with Gasteiger partial charge in [0.2, 0.25) is 0 Å². The third-order valence-electron chi connectivity index (χ3n) is 5.43. The number of fused-ring (bicyclic) bond motifs is 1. The van der Waals surface area contributed by atoms with Crippen LogP contribution in [0.1, 0.15) is 32.9 Å². The van der Waals surface area contributed by atoms with E-state index in [-0.39, 0.29) is 30.2 Å². The quantitative estimate of drug-likeness (QED) is 0.371. The molecule has 36 heavy (non-hydrogen) atoms. The highest BCUT2D eigenvalue weighted by Crippen LogP contribution is 2.26. The molecule has 10 heteroatoms. The zero-order chi connectivity index (χ0) is 25.8. The van der Waals surface area contributed by atoms with E-state index >= 15 is 0 Å². The molecule has 0 aliphatic heterocycles. The molecule has 2 aromatic carbocycles. The van der Waals surface area contributed by atoms with Crippen LogP contribution < -0.4 is 20.3 Å². The minimum atomic E-state index is -0.662. The Kier molecular flexibility index (Phi) is 7.05. The van der Waals surface area contributed by atoms with E-state index in [1.807, 2.05) is 26.0 Å². The number of nitrogens with zero attached hydrogens (tertiary/aromatic N) is 2. The number of hydrogen-bond donors (Lipinski definition) is 1. The van der Waals surface area contributed by atoms with E-state index in [1.54, 1.807) is 25.1 Å². The van der Waals surface area contributed by atoms with Crippen LogP contribution in [0.4, 0.5) is 5.69 Å². The normalized spacial score (nSPS) is 10.8. The average Bonchev–Trinajstić information content (AvgIpc) is 3.24. The minimum absolute atomic E-state index is 0.179. The lowest BCUT2D eigenvalue weighted by atomic mass is 10.1. The molecule has 0 spiro atoms. The van der Waals surface area contributed by atoms with Crippen LogP contribution in [0.3, 0.4) is 0 Å². The zero-order valence-corrected chi connectivity index (χ0v) is 20.3. The van der Waals surface area contributed by atoms with E-state index in [9.17, 15) is 14.4 Å². The van der Waals surface area contributed by atoms with Crippen LogP contribution in [0.15, 0.2) is 57.8 Å². The number of carbonyl (C=O) groups is 2. The Balaban J connectivity index is 1.41. The van der Waals surface area contributed by atoms with Crippen molar-refractivity contribution in [3.05, 3.63) is 87.0 Å². The maximum absolute atomic E-state index is 12.6. The van der Waals surface area contributed by atoms with Crippen molar-refractivity contribution >= 4 is 23.2 Å². The predicted octanol–water partition coefficient (Wildman–Crippen LogP) is 3.60. The third-order valence-corrected chi connectivity index (χ3v) is 5.43. The molecule has 4 aromatic rings. The van der Waals surface area contributed by atoms with E-state index in [0.29, 0.717) is 22.9 Å². The monoisotopic (exact) mass is 491 g/mol. The predicted molar refractivity (Wildman–Crippen MR) is 131 cm³/mol. The second-order valence-corrected chi connectivity index (χ2v) is 8.16. The first-order valence-corrected chi connectivity index (χ1v) is 11.1. The summed E-state index contributed by atoms with van der Waals surface area (Å²) in [5.41, 5.74) is 2.83.